The van der Waals surface area contributed by atoms with E-state index in [9.17, 15) is 0 Å². The predicted octanol–water partition coefficient (Wildman–Crippen LogP) is 0.937. The predicted molar refractivity (Wildman–Crippen MR) is 21.0 cm³/mol. The maximum Gasteiger partial charge on any atom is 0.0789 e. The van der Waals surface area contributed by atoms with Gasteiger partial charge in [-0.1, -0.05) is 6.58 Å². The smallest absolute Gasteiger partial charge is 0.0789 e. The quantitative estimate of drug-likeness (QED) is 0.333. The lowest BCUT2D eigenvalue weighted by Gasteiger charge is -1.72. The summed E-state index contributed by atoms with van der Waals surface area (Å²) < 4.78 is 4.22. The second kappa shape index (κ2) is 2.97. The molecule has 0 amide bonds. The van der Waals surface area contributed by atoms with E-state index in [0.717, 1.165) is 0 Å². The van der Waals surface area contributed by atoms with Gasteiger partial charge in [-0.05, 0) is 0 Å². The molecule has 0 N–H and O–H groups in total. The van der Waals surface area contributed by atoms with E-state index in [-0.39, 0.29) is 0 Å². The van der Waals surface area contributed by atoms with Gasteiger partial charge in [-0.25, -0.2) is 0 Å². The Morgan fingerprint density at radius 2 is 2.25 bits per heavy atom. The molecule has 0 aliphatic carbocycles. The van der Waals surface area contributed by atoms with Crippen molar-refractivity contribution in [2.24, 2.45) is 0 Å². The van der Waals surface area contributed by atoms with E-state index in [1.807, 2.05) is 9.47 Å². The van der Waals surface area contributed by atoms with Gasteiger partial charge >= 0.3 is 0 Å². The second-order valence-corrected chi connectivity index (χ2v) is 0.575. The third kappa shape index (κ3) is 1.97. The lowest BCUT2D eigenvalue weighted by atomic mass is 11.2. The molecule has 4 heavy (non-hydrogen) atoms. The van der Waals surface area contributed by atoms with E-state index in [4.69, 9.17) is 0 Å². The second-order valence-electron chi connectivity index (χ2n) is 0.303. The lowest BCUT2D eigenvalue weighted by Crippen LogP contribution is -1.36. The molecule has 0 aliphatic rings. The topological polar surface area (TPSA) is 9.23 Å². The summed E-state index contributed by atoms with van der Waals surface area (Å²) >= 11 is 0. The van der Waals surface area contributed by atoms with E-state index in [1.165, 1.54) is 6.26 Å². The summed E-state index contributed by atoms with van der Waals surface area (Å²) in [5, 5.41) is 0. The Kier molecular flexibility index (Phi) is 2.95. The Morgan fingerprint density at radius 3 is 2.25 bits per heavy atom. The van der Waals surface area contributed by atoms with Crippen LogP contribution in [0.5, 0.6) is 0 Å². The van der Waals surface area contributed by atoms with Crippen LogP contribution in [0.3, 0.4) is 0 Å². The summed E-state index contributed by atoms with van der Waals surface area (Å²) in [6.45, 7) is 3.24. The first kappa shape index (κ1) is 3.97. The van der Waals surface area contributed by atoms with E-state index < -0.39 is 0 Å². The van der Waals surface area contributed by atoms with Crippen molar-refractivity contribution in [1.29, 1.82) is 0 Å². The summed E-state index contributed by atoms with van der Waals surface area (Å²) in [5.41, 5.74) is 0. The van der Waals surface area contributed by atoms with Gasteiger partial charge in [-0.3, -0.25) is 0 Å². The van der Waals surface area contributed by atoms with Crippen molar-refractivity contribution in [2.45, 2.75) is 0 Å². The van der Waals surface area contributed by atoms with Crippen molar-refractivity contribution in [3.8, 4) is 0 Å². The highest BCUT2D eigenvalue weighted by atomic mass is 31.0. The van der Waals surface area contributed by atoms with Crippen LogP contribution in [0.1, 0.15) is 0 Å². The van der Waals surface area contributed by atoms with Gasteiger partial charge in [0, 0.05) is 0 Å². The molecule has 1 unspecified atom stereocenters. The summed E-state index contributed by atoms with van der Waals surface area (Å²) in [5.74, 6) is 0. The van der Waals surface area contributed by atoms with Crippen LogP contribution in [0.15, 0.2) is 12.8 Å². The third-order valence-electron chi connectivity index (χ3n) is 0.0962. The first-order chi connectivity index (χ1) is 1.91. The first-order valence-electron chi connectivity index (χ1n) is 0.880. The van der Waals surface area contributed by atoms with Crippen LogP contribution in [-0.2, 0) is 4.52 Å². The molecule has 0 bridgehead atoms. The Balaban J connectivity index is 2.30. The molecule has 0 aromatic carbocycles. The van der Waals surface area contributed by atoms with Gasteiger partial charge in [0.2, 0.25) is 0 Å². The molecule has 1 atom stereocenters. The maximum absolute atomic E-state index is 4.22. The van der Waals surface area contributed by atoms with E-state index in [0.29, 0.717) is 0 Å². The summed E-state index contributed by atoms with van der Waals surface area (Å²) in [7, 11) is 2.04. The van der Waals surface area contributed by atoms with Crippen molar-refractivity contribution in [2.75, 3.05) is 0 Å². The van der Waals surface area contributed by atoms with Crippen molar-refractivity contribution >= 4 is 9.47 Å². The van der Waals surface area contributed by atoms with Gasteiger partial charge in [0.15, 0.2) is 0 Å². The van der Waals surface area contributed by atoms with Crippen LogP contribution in [0, 0.1) is 0 Å². The molecule has 0 radical (unpaired) electrons. The van der Waals surface area contributed by atoms with Gasteiger partial charge in [-0.15, -0.1) is 0 Å². The van der Waals surface area contributed by atoms with E-state index >= 15 is 0 Å². The minimum atomic E-state index is 1.34. The molecule has 0 heterocycles. The fourth-order valence-corrected chi connectivity index (χ4v) is 0. The summed E-state index contributed by atoms with van der Waals surface area (Å²) in [6, 6.07) is 0. The lowest BCUT2D eigenvalue weighted by molar-refractivity contribution is 0.568. The average Bonchev–Trinajstić information content (AvgIpc) is 1.37. The Bertz CT molecular complexity index is 20.0. The number of hydrogen-bond acceptors (Lipinski definition) is 1. The minimum absolute atomic E-state index is 1.34. The average molecular weight is 76.0 g/mol. The monoisotopic (exact) mass is 76.0 g/mol. The molecule has 2 heteroatoms. The Labute approximate surface area is 27.9 Å². The highest BCUT2D eigenvalue weighted by Gasteiger charge is 1.36. The molecular formula is C2H5OP. The summed E-state index contributed by atoms with van der Waals surface area (Å²) in [6.07, 6.45) is 1.34. The fraction of sp³-hybridized carbons (Fsp3) is 0. The minimum Gasteiger partial charge on any atom is -0.489 e. The van der Waals surface area contributed by atoms with Crippen LogP contribution in [0.25, 0.3) is 0 Å². The van der Waals surface area contributed by atoms with Gasteiger partial charge in [-0.2, -0.15) is 0 Å². The van der Waals surface area contributed by atoms with E-state index in [1.54, 1.807) is 0 Å². The molecule has 1 nitrogen and oxygen atoms in total. The molecule has 0 saturated heterocycles. The van der Waals surface area contributed by atoms with Gasteiger partial charge in [0.25, 0.3) is 0 Å². The molecule has 0 saturated carbocycles. The van der Waals surface area contributed by atoms with Crippen LogP contribution in [-0.4, -0.2) is 0 Å². The molecule has 0 aromatic rings. The molecule has 0 rings (SSSR count). The zero-order valence-corrected chi connectivity index (χ0v) is 3.42. The van der Waals surface area contributed by atoms with Crippen molar-refractivity contribution < 1.29 is 4.52 Å². The maximum atomic E-state index is 4.22. The van der Waals surface area contributed by atoms with Crippen molar-refractivity contribution in [3.63, 3.8) is 0 Å². The molecule has 0 spiro atoms. The molecule has 0 aromatic heterocycles. The van der Waals surface area contributed by atoms with Crippen LogP contribution in [0.2, 0.25) is 0 Å². The highest BCUT2D eigenvalue weighted by molar-refractivity contribution is 7.09. The van der Waals surface area contributed by atoms with Crippen LogP contribution < -0.4 is 0 Å². The van der Waals surface area contributed by atoms with Crippen molar-refractivity contribution in [3.05, 3.63) is 12.8 Å². The van der Waals surface area contributed by atoms with Crippen molar-refractivity contribution in [1.82, 2.24) is 0 Å². The highest BCUT2D eigenvalue weighted by Crippen LogP contribution is 1.78. The van der Waals surface area contributed by atoms with Crippen LogP contribution in [0.4, 0.5) is 0 Å². The molecule has 0 fully saturated rings. The molecular weight excluding hydrogens is 71.0 g/mol. The van der Waals surface area contributed by atoms with Gasteiger partial charge in [0.05, 0.1) is 15.7 Å². The van der Waals surface area contributed by atoms with Gasteiger partial charge < -0.3 is 4.52 Å². The largest absolute Gasteiger partial charge is 0.489 e. The van der Waals surface area contributed by atoms with Crippen LogP contribution >= 0.6 is 9.47 Å². The SMILES string of the molecule is C=COP. The Morgan fingerprint density at radius 1 is 2.00 bits per heavy atom. The van der Waals surface area contributed by atoms with E-state index in [2.05, 4.69) is 11.1 Å². The zero-order valence-electron chi connectivity index (χ0n) is 2.27. The number of hydrogen-bond donors (Lipinski definition) is 0. The molecule has 0 aliphatic heterocycles. The van der Waals surface area contributed by atoms with Gasteiger partial charge in [0.1, 0.15) is 0 Å². The third-order valence-corrected chi connectivity index (χ3v) is 0.289. The summed E-state index contributed by atoms with van der Waals surface area (Å²) in [4.78, 5) is 0. The normalized spacial score (nSPS) is 5.25. The zero-order chi connectivity index (χ0) is 3.41. The molecule has 24 valence electrons. The Hall–Kier alpha value is -0.0300. The first-order valence-corrected chi connectivity index (χ1v) is 1.35. The standard InChI is InChI=1S/C2H5OP/c1-2-3-4/h2H,1,4H2. The fourth-order valence-electron chi connectivity index (χ4n) is 0. The number of rotatable bonds is 1.